The number of carbonyl (C=O) groups is 3. The maximum atomic E-state index is 13.5. The number of benzene rings is 2. The van der Waals surface area contributed by atoms with E-state index in [1.807, 2.05) is 34.9 Å². The Morgan fingerprint density at radius 3 is 2.24 bits per heavy atom. The number of nitrogens with zero attached hydrogens (tertiary/aromatic N) is 3. The molecule has 7 nitrogen and oxygen atoms in total. The van der Waals surface area contributed by atoms with Crippen LogP contribution >= 0.6 is 11.6 Å². The molecule has 2 heterocycles. The van der Waals surface area contributed by atoms with E-state index in [0.29, 0.717) is 42.5 Å². The molecule has 2 aliphatic rings. The summed E-state index contributed by atoms with van der Waals surface area (Å²) in [5.74, 6) is 0.884. The van der Waals surface area contributed by atoms with Crippen molar-refractivity contribution in [3.05, 3.63) is 64.3 Å². The average molecular weight is 536 g/mol. The highest BCUT2D eigenvalue weighted by Gasteiger charge is 2.30. The van der Waals surface area contributed by atoms with Gasteiger partial charge in [0.1, 0.15) is 5.75 Å². The van der Waals surface area contributed by atoms with Gasteiger partial charge in [0.2, 0.25) is 11.8 Å². The maximum absolute atomic E-state index is 13.5. The summed E-state index contributed by atoms with van der Waals surface area (Å²) in [4.78, 5) is 43.7. The summed E-state index contributed by atoms with van der Waals surface area (Å²) in [6.45, 7) is 4.09. The van der Waals surface area contributed by atoms with E-state index in [9.17, 15) is 14.4 Å². The fraction of sp³-hybridized carbons (Fsp3) is 0.433. The first-order valence-electron chi connectivity index (χ1n) is 13.4. The molecule has 0 N–H and O–H groups in total. The lowest BCUT2D eigenvalue weighted by Gasteiger charge is -2.37. The molecule has 0 radical (unpaired) electrons. The fourth-order valence-electron chi connectivity index (χ4n) is 5.84. The van der Waals surface area contributed by atoms with Gasteiger partial charge in [0.15, 0.2) is 0 Å². The molecule has 1 aliphatic carbocycles. The van der Waals surface area contributed by atoms with Crippen molar-refractivity contribution >= 4 is 40.2 Å². The van der Waals surface area contributed by atoms with Gasteiger partial charge in [-0.15, -0.1) is 0 Å². The number of aromatic nitrogens is 1. The van der Waals surface area contributed by atoms with Gasteiger partial charge in [-0.3, -0.25) is 19.0 Å². The highest BCUT2D eigenvalue weighted by atomic mass is 35.5. The number of fused-ring (bicyclic) bond motifs is 1. The lowest BCUT2D eigenvalue weighted by molar-refractivity contribution is -0.142. The Labute approximate surface area is 228 Å². The second kappa shape index (κ2) is 11.2. The molecule has 0 bridgehead atoms. The van der Waals surface area contributed by atoms with Crippen LogP contribution < -0.4 is 4.74 Å². The zero-order valence-corrected chi connectivity index (χ0v) is 22.8. The Morgan fingerprint density at radius 1 is 0.921 bits per heavy atom. The highest BCUT2D eigenvalue weighted by Crippen LogP contribution is 2.31. The number of halogens is 1. The van der Waals surface area contributed by atoms with Gasteiger partial charge < -0.3 is 14.5 Å². The Hall–Kier alpha value is -3.32. The SMILES string of the molecule is COc1ccc2c(c1)c(CC(=O)N1CCN(C(=O)C3CCCCC3)CC1)c(C)n2C(=O)c1ccc(Cl)cc1. The van der Waals surface area contributed by atoms with E-state index in [2.05, 4.69) is 0 Å². The molecule has 2 aromatic carbocycles. The Kier molecular flexibility index (Phi) is 7.75. The molecule has 0 atom stereocenters. The van der Waals surface area contributed by atoms with Gasteiger partial charge in [0.05, 0.1) is 19.0 Å². The van der Waals surface area contributed by atoms with E-state index in [-0.39, 0.29) is 30.1 Å². The number of piperazine rings is 1. The molecule has 1 saturated carbocycles. The van der Waals surface area contributed by atoms with E-state index < -0.39 is 0 Å². The van der Waals surface area contributed by atoms with Gasteiger partial charge in [0.25, 0.3) is 5.91 Å². The minimum absolute atomic E-state index is 0.00122. The van der Waals surface area contributed by atoms with Crippen molar-refractivity contribution in [2.75, 3.05) is 33.3 Å². The monoisotopic (exact) mass is 535 g/mol. The number of amides is 2. The van der Waals surface area contributed by atoms with Crippen molar-refractivity contribution in [2.24, 2.45) is 5.92 Å². The molecule has 8 heteroatoms. The summed E-state index contributed by atoms with van der Waals surface area (Å²) in [6.07, 6.45) is 5.63. The van der Waals surface area contributed by atoms with Crippen molar-refractivity contribution < 1.29 is 19.1 Å². The minimum atomic E-state index is -0.178. The number of methoxy groups -OCH3 is 1. The van der Waals surface area contributed by atoms with Crippen LogP contribution in [0.3, 0.4) is 0 Å². The molecule has 0 spiro atoms. The molecule has 2 fully saturated rings. The summed E-state index contributed by atoms with van der Waals surface area (Å²) >= 11 is 6.03. The first kappa shape index (κ1) is 26.3. The maximum Gasteiger partial charge on any atom is 0.262 e. The normalized spacial score (nSPS) is 16.6. The first-order valence-corrected chi connectivity index (χ1v) is 13.8. The summed E-state index contributed by atoms with van der Waals surface area (Å²) < 4.78 is 7.12. The standard InChI is InChI=1S/C30H34ClN3O4/c1-20-25(19-28(35)32-14-16-33(17-15-32)29(36)21-6-4-3-5-7-21)26-18-24(38-2)12-13-27(26)34(20)30(37)22-8-10-23(31)11-9-22/h8-13,18,21H,3-7,14-17,19H2,1-2H3. The van der Waals surface area contributed by atoms with Crippen molar-refractivity contribution in [2.45, 2.75) is 45.4 Å². The van der Waals surface area contributed by atoms with Crippen LogP contribution in [0.4, 0.5) is 0 Å². The molecule has 2 amide bonds. The fourth-order valence-corrected chi connectivity index (χ4v) is 5.97. The predicted molar refractivity (Wildman–Crippen MR) is 148 cm³/mol. The molecule has 38 heavy (non-hydrogen) atoms. The summed E-state index contributed by atoms with van der Waals surface area (Å²) in [5, 5.41) is 1.39. The lowest BCUT2D eigenvalue weighted by Crippen LogP contribution is -2.52. The Morgan fingerprint density at radius 2 is 1.58 bits per heavy atom. The number of hydrogen-bond donors (Lipinski definition) is 0. The largest absolute Gasteiger partial charge is 0.497 e. The number of hydrogen-bond acceptors (Lipinski definition) is 4. The zero-order valence-electron chi connectivity index (χ0n) is 22.0. The quantitative estimate of drug-likeness (QED) is 0.456. The van der Waals surface area contributed by atoms with Crippen LogP contribution in [-0.4, -0.2) is 65.4 Å². The summed E-state index contributed by atoms with van der Waals surface area (Å²) in [5.41, 5.74) is 2.79. The molecular weight excluding hydrogens is 502 g/mol. The highest BCUT2D eigenvalue weighted by molar-refractivity contribution is 6.30. The average Bonchev–Trinajstić information content (AvgIpc) is 3.23. The summed E-state index contributed by atoms with van der Waals surface area (Å²) in [7, 11) is 1.60. The Bertz CT molecular complexity index is 1350. The van der Waals surface area contributed by atoms with Gasteiger partial charge in [-0.05, 0) is 67.8 Å². The Balaban J connectivity index is 1.36. The molecule has 0 unspecified atom stereocenters. The van der Waals surface area contributed by atoms with E-state index in [0.717, 1.165) is 47.8 Å². The van der Waals surface area contributed by atoms with Gasteiger partial charge in [-0.2, -0.15) is 0 Å². The minimum Gasteiger partial charge on any atom is -0.497 e. The third-order valence-electron chi connectivity index (χ3n) is 8.06. The van der Waals surface area contributed by atoms with E-state index in [4.69, 9.17) is 16.3 Å². The van der Waals surface area contributed by atoms with Crippen LogP contribution in [0.15, 0.2) is 42.5 Å². The molecule has 5 rings (SSSR count). The van der Waals surface area contributed by atoms with Crippen LogP contribution in [0.5, 0.6) is 5.75 Å². The lowest BCUT2D eigenvalue weighted by atomic mass is 9.88. The molecule has 1 aliphatic heterocycles. The molecule has 200 valence electrons. The second-order valence-electron chi connectivity index (χ2n) is 10.3. The van der Waals surface area contributed by atoms with E-state index >= 15 is 0 Å². The predicted octanol–water partition coefficient (Wildman–Crippen LogP) is 5.09. The van der Waals surface area contributed by atoms with Crippen LogP contribution in [0.2, 0.25) is 5.02 Å². The topological polar surface area (TPSA) is 71.8 Å². The third kappa shape index (κ3) is 5.17. The molecule has 3 aromatic rings. The van der Waals surface area contributed by atoms with Crippen molar-refractivity contribution in [3.8, 4) is 5.75 Å². The smallest absolute Gasteiger partial charge is 0.262 e. The molecular formula is C30H34ClN3O4. The van der Waals surface area contributed by atoms with Crippen molar-refractivity contribution in [1.82, 2.24) is 14.4 Å². The second-order valence-corrected chi connectivity index (χ2v) is 10.7. The number of carbonyl (C=O) groups excluding carboxylic acids is 3. The van der Waals surface area contributed by atoms with Crippen LogP contribution in [0.1, 0.15) is 53.7 Å². The number of rotatable bonds is 5. The van der Waals surface area contributed by atoms with Gasteiger partial charge >= 0.3 is 0 Å². The molecule has 1 aromatic heterocycles. The van der Waals surface area contributed by atoms with Crippen LogP contribution in [-0.2, 0) is 16.0 Å². The van der Waals surface area contributed by atoms with Crippen molar-refractivity contribution in [1.29, 1.82) is 0 Å². The zero-order chi connectivity index (χ0) is 26.8. The third-order valence-corrected chi connectivity index (χ3v) is 8.31. The van der Waals surface area contributed by atoms with Crippen molar-refractivity contribution in [3.63, 3.8) is 0 Å². The van der Waals surface area contributed by atoms with Gasteiger partial charge in [0, 0.05) is 53.8 Å². The van der Waals surface area contributed by atoms with E-state index in [1.54, 1.807) is 35.9 Å². The number of ether oxygens (including phenoxy) is 1. The summed E-state index contributed by atoms with van der Waals surface area (Å²) in [6, 6.07) is 12.4. The van der Waals surface area contributed by atoms with E-state index in [1.165, 1.54) is 6.42 Å². The van der Waals surface area contributed by atoms with Crippen LogP contribution in [0, 0.1) is 12.8 Å². The molecule has 1 saturated heterocycles. The first-order chi connectivity index (χ1) is 18.4. The van der Waals surface area contributed by atoms with Gasteiger partial charge in [-0.25, -0.2) is 0 Å². The van der Waals surface area contributed by atoms with Gasteiger partial charge in [-0.1, -0.05) is 30.9 Å². The van der Waals surface area contributed by atoms with Crippen LogP contribution in [0.25, 0.3) is 10.9 Å².